The van der Waals surface area contributed by atoms with Crippen LogP contribution in [0.15, 0.2) is 77.7 Å². The molecule has 1 fully saturated rings. The Hall–Kier alpha value is -3.33. The summed E-state index contributed by atoms with van der Waals surface area (Å²) in [7, 11) is 0. The maximum atomic E-state index is 13.2. The molecule has 1 aliphatic rings. The zero-order valence-corrected chi connectivity index (χ0v) is 21.6. The molecule has 0 spiro atoms. The number of ether oxygens (including phenoxy) is 2. The molecule has 0 bridgehead atoms. The number of carbonyl (C=O) groups excluding carboxylic acids is 1. The maximum absolute atomic E-state index is 13.2. The number of halogens is 1. The maximum Gasteiger partial charge on any atom is 0.331 e. The number of nitrogens with zero attached hydrogens (tertiary/aromatic N) is 1. The fraction of sp³-hybridized carbons (Fsp3) is 0.148. The van der Waals surface area contributed by atoms with E-state index in [1.54, 1.807) is 60.7 Å². The van der Waals surface area contributed by atoms with E-state index in [2.05, 4.69) is 0 Å². The fourth-order valence-electron chi connectivity index (χ4n) is 3.66. The van der Waals surface area contributed by atoms with Gasteiger partial charge < -0.3 is 14.6 Å². The lowest BCUT2D eigenvalue weighted by Crippen LogP contribution is -2.37. The van der Waals surface area contributed by atoms with Gasteiger partial charge in [0.2, 0.25) is 0 Å². The zero-order chi connectivity index (χ0) is 25.7. The first-order valence-electron chi connectivity index (χ1n) is 11.1. The molecule has 9 heteroatoms. The Morgan fingerprint density at radius 2 is 1.81 bits per heavy atom. The number of hydrogen-bond acceptors (Lipinski definition) is 6. The van der Waals surface area contributed by atoms with Crippen molar-refractivity contribution >= 4 is 57.9 Å². The first-order valence-corrected chi connectivity index (χ1v) is 12.7. The largest absolute Gasteiger partial charge is 0.490 e. The average molecular weight is 540 g/mol. The second-order valence-corrected chi connectivity index (χ2v) is 9.81. The first kappa shape index (κ1) is 25.8. The predicted octanol–water partition coefficient (Wildman–Crippen LogP) is 6.34. The monoisotopic (exact) mass is 539 g/mol. The van der Waals surface area contributed by atoms with Crippen LogP contribution in [0.25, 0.3) is 6.08 Å². The predicted molar refractivity (Wildman–Crippen MR) is 145 cm³/mol. The van der Waals surface area contributed by atoms with Crippen molar-refractivity contribution in [2.75, 3.05) is 6.61 Å². The second-order valence-electron chi connectivity index (χ2n) is 7.72. The summed E-state index contributed by atoms with van der Waals surface area (Å²) >= 11 is 12.7. The van der Waals surface area contributed by atoms with Crippen LogP contribution in [0.5, 0.6) is 11.5 Å². The van der Waals surface area contributed by atoms with Crippen molar-refractivity contribution in [2.24, 2.45) is 0 Å². The normalized spacial score (nSPS) is 15.3. The van der Waals surface area contributed by atoms with E-state index >= 15 is 0 Å². The first-order chi connectivity index (χ1) is 17.4. The molecule has 36 heavy (non-hydrogen) atoms. The minimum absolute atomic E-state index is 0.187. The number of benzene rings is 3. The summed E-state index contributed by atoms with van der Waals surface area (Å²) in [6, 6.07) is 20.1. The van der Waals surface area contributed by atoms with E-state index in [1.807, 2.05) is 25.1 Å². The third-order valence-electron chi connectivity index (χ3n) is 5.34. The Kier molecular flexibility index (Phi) is 8.30. The molecule has 184 valence electrons. The molecule has 1 N–H and O–H groups in total. The summed E-state index contributed by atoms with van der Waals surface area (Å²) in [5.74, 6) is -0.561. The molecule has 1 amide bonds. The van der Waals surface area contributed by atoms with Crippen LogP contribution in [0.4, 0.5) is 0 Å². The van der Waals surface area contributed by atoms with Gasteiger partial charge in [-0.2, -0.15) is 0 Å². The van der Waals surface area contributed by atoms with E-state index < -0.39 is 17.9 Å². The molecular weight excluding hydrogens is 518 g/mol. The van der Waals surface area contributed by atoms with Crippen molar-refractivity contribution in [2.45, 2.75) is 19.6 Å². The number of amides is 1. The summed E-state index contributed by atoms with van der Waals surface area (Å²) in [5, 5.41) is 10.5. The average Bonchev–Trinajstić information content (AvgIpc) is 3.13. The van der Waals surface area contributed by atoms with Gasteiger partial charge in [0.1, 0.15) is 10.9 Å². The minimum Gasteiger partial charge on any atom is -0.490 e. The molecule has 0 aliphatic carbocycles. The van der Waals surface area contributed by atoms with Gasteiger partial charge in [0, 0.05) is 10.6 Å². The lowest BCUT2D eigenvalue weighted by atomic mass is 10.1. The van der Waals surface area contributed by atoms with E-state index in [-0.39, 0.29) is 10.9 Å². The van der Waals surface area contributed by atoms with Gasteiger partial charge in [0.15, 0.2) is 17.5 Å². The van der Waals surface area contributed by atoms with Crippen molar-refractivity contribution < 1.29 is 24.2 Å². The topological polar surface area (TPSA) is 76.1 Å². The Morgan fingerprint density at radius 3 is 2.50 bits per heavy atom. The number of carbonyl (C=O) groups is 2. The van der Waals surface area contributed by atoms with E-state index in [0.29, 0.717) is 39.2 Å². The molecule has 0 saturated carbocycles. The molecule has 0 radical (unpaired) electrons. The molecule has 1 unspecified atom stereocenters. The number of thioether (sulfide) groups is 1. The molecule has 1 saturated heterocycles. The lowest BCUT2D eigenvalue weighted by Gasteiger charge is -2.23. The quantitative estimate of drug-likeness (QED) is 0.251. The smallest absolute Gasteiger partial charge is 0.331 e. The standard InChI is InChI=1S/C27H22ClNO5S2/c1-2-33-22-14-17(12-13-21(22)34-16-19-10-6-7-11-20(19)28)15-23-25(30)29(27(35)36-23)24(26(31)32)18-8-4-3-5-9-18/h3-15,24H,2,16H2,1H3,(H,31,32)/b23-15+. The number of carboxylic acid groups (broad SMARTS) is 1. The molecule has 4 rings (SSSR count). The van der Waals surface area contributed by atoms with Crippen molar-refractivity contribution in [3.05, 3.63) is 99.4 Å². The summed E-state index contributed by atoms with van der Waals surface area (Å²) < 4.78 is 11.9. The highest BCUT2D eigenvalue weighted by molar-refractivity contribution is 8.26. The summed E-state index contributed by atoms with van der Waals surface area (Å²) in [5.41, 5.74) is 2.01. The molecule has 6 nitrogen and oxygen atoms in total. The van der Waals surface area contributed by atoms with Crippen molar-refractivity contribution in [3.63, 3.8) is 0 Å². The fourth-order valence-corrected chi connectivity index (χ4v) is 5.17. The zero-order valence-electron chi connectivity index (χ0n) is 19.2. The highest BCUT2D eigenvalue weighted by atomic mass is 35.5. The lowest BCUT2D eigenvalue weighted by molar-refractivity contribution is -0.145. The summed E-state index contributed by atoms with van der Waals surface area (Å²) in [6.45, 7) is 2.56. The highest BCUT2D eigenvalue weighted by Crippen LogP contribution is 2.39. The number of hydrogen-bond donors (Lipinski definition) is 1. The van der Waals surface area contributed by atoms with Gasteiger partial charge >= 0.3 is 5.97 Å². The van der Waals surface area contributed by atoms with Crippen LogP contribution >= 0.6 is 35.6 Å². The second kappa shape index (κ2) is 11.6. The van der Waals surface area contributed by atoms with Gasteiger partial charge in [-0.15, -0.1) is 0 Å². The van der Waals surface area contributed by atoms with Gasteiger partial charge in [-0.1, -0.05) is 90.2 Å². The van der Waals surface area contributed by atoms with Crippen molar-refractivity contribution in [1.82, 2.24) is 4.90 Å². The molecule has 0 aromatic heterocycles. The van der Waals surface area contributed by atoms with Crippen molar-refractivity contribution in [1.29, 1.82) is 0 Å². The van der Waals surface area contributed by atoms with Crippen LogP contribution in [0.3, 0.4) is 0 Å². The summed E-state index contributed by atoms with van der Waals surface area (Å²) in [6.07, 6.45) is 1.67. The third kappa shape index (κ3) is 5.73. The van der Waals surface area contributed by atoms with Crippen LogP contribution in [0.2, 0.25) is 5.02 Å². The van der Waals surface area contributed by atoms with E-state index in [1.165, 1.54) is 0 Å². The number of aliphatic carboxylic acids is 1. The molecule has 3 aromatic carbocycles. The number of thiocarbonyl (C=S) groups is 1. The SMILES string of the molecule is CCOc1cc(/C=C2/SC(=S)N(C(C(=O)O)c3ccccc3)C2=O)ccc1OCc1ccccc1Cl. The number of rotatable bonds is 9. The molecular formula is C27H22ClNO5S2. The number of carboxylic acids is 1. The van der Waals surface area contributed by atoms with Gasteiger partial charge in [-0.3, -0.25) is 9.69 Å². The third-order valence-corrected chi connectivity index (χ3v) is 7.04. The Balaban J connectivity index is 1.58. The Labute approximate surface area is 223 Å². The van der Waals surface area contributed by atoms with Gasteiger partial charge in [0.25, 0.3) is 5.91 Å². The molecule has 1 heterocycles. The Bertz CT molecular complexity index is 1330. The van der Waals surface area contributed by atoms with Gasteiger partial charge in [-0.05, 0) is 42.3 Å². The molecule has 1 aliphatic heterocycles. The van der Waals surface area contributed by atoms with Crippen LogP contribution < -0.4 is 9.47 Å². The van der Waals surface area contributed by atoms with Crippen LogP contribution in [0.1, 0.15) is 29.7 Å². The molecule has 3 aromatic rings. The van der Waals surface area contributed by atoms with Crippen LogP contribution in [-0.2, 0) is 16.2 Å². The van der Waals surface area contributed by atoms with Crippen molar-refractivity contribution in [3.8, 4) is 11.5 Å². The van der Waals surface area contributed by atoms with E-state index in [0.717, 1.165) is 22.2 Å². The molecule has 1 atom stereocenters. The van der Waals surface area contributed by atoms with Gasteiger partial charge in [0.05, 0.1) is 11.5 Å². The van der Waals surface area contributed by atoms with Crippen LogP contribution in [-0.4, -0.2) is 32.8 Å². The minimum atomic E-state index is -1.20. The van der Waals surface area contributed by atoms with Crippen LogP contribution in [0, 0.1) is 0 Å². The van der Waals surface area contributed by atoms with E-state index in [4.69, 9.17) is 33.3 Å². The highest BCUT2D eigenvalue weighted by Gasteiger charge is 2.41. The van der Waals surface area contributed by atoms with Gasteiger partial charge in [-0.25, -0.2) is 4.79 Å². The summed E-state index contributed by atoms with van der Waals surface area (Å²) in [4.78, 5) is 26.8. The van der Waals surface area contributed by atoms with E-state index in [9.17, 15) is 14.7 Å². The Morgan fingerprint density at radius 1 is 1.08 bits per heavy atom.